The van der Waals surface area contributed by atoms with E-state index in [4.69, 9.17) is 19.4 Å². The summed E-state index contributed by atoms with van der Waals surface area (Å²) in [7, 11) is 4.82. The minimum atomic E-state index is -0.744. The molecule has 0 aromatic heterocycles. The van der Waals surface area contributed by atoms with Crippen molar-refractivity contribution in [2.24, 2.45) is 5.92 Å². The molecule has 7 nitrogen and oxygen atoms in total. The third kappa shape index (κ3) is 15.5. The van der Waals surface area contributed by atoms with Crippen molar-refractivity contribution in [3.05, 3.63) is 0 Å². The molecular formula is C14H25NO6S2. The Morgan fingerprint density at radius 3 is 2.17 bits per heavy atom. The van der Waals surface area contributed by atoms with Crippen LogP contribution < -0.4 is 0 Å². The van der Waals surface area contributed by atoms with E-state index in [9.17, 15) is 9.59 Å². The normalized spacial score (nSPS) is 11.5. The number of amides is 1. The molecule has 0 aromatic rings. The first-order valence-electron chi connectivity index (χ1n) is 6.99. The molecule has 23 heavy (non-hydrogen) atoms. The maximum atomic E-state index is 11.7. The first-order valence-corrected chi connectivity index (χ1v) is 9.48. The fourth-order valence-corrected chi connectivity index (χ4v) is 3.62. The van der Waals surface area contributed by atoms with Crippen LogP contribution in [-0.2, 0) is 19.1 Å². The Morgan fingerprint density at radius 2 is 1.78 bits per heavy atom. The van der Waals surface area contributed by atoms with E-state index < -0.39 is 11.6 Å². The summed E-state index contributed by atoms with van der Waals surface area (Å²) in [6, 6.07) is 0. The van der Waals surface area contributed by atoms with Crippen LogP contribution in [0, 0.1) is 5.92 Å². The highest BCUT2D eigenvalue weighted by atomic mass is 33.1. The lowest BCUT2D eigenvalue weighted by molar-refractivity contribution is -0.191. The van der Waals surface area contributed by atoms with Crippen molar-refractivity contribution in [1.29, 1.82) is 0 Å². The molecule has 0 saturated heterocycles. The van der Waals surface area contributed by atoms with Gasteiger partial charge in [-0.2, -0.15) is 9.59 Å². The number of nitrogens with zero attached hydrogens (tertiary/aromatic N) is 1. The van der Waals surface area contributed by atoms with Gasteiger partial charge in [0.05, 0.1) is 5.92 Å². The van der Waals surface area contributed by atoms with E-state index in [1.165, 1.54) is 15.7 Å². The molecule has 0 bridgehead atoms. The van der Waals surface area contributed by atoms with Crippen LogP contribution in [0.1, 0.15) is 34.1 Å². The van der Waals surface area contributed by atoms with Gasteiger partial charge in [-0.25, -0.2) is 4.79 Å². The van der Waals surface area contributed by atoms with Crippen LogP contribution in [0.5, 0.6) is 0 Å². The fourth-order valence-electron chi connectivity index (χ4n) is 1.16. The molecule has 0 unspecified atom stereocenters. The van der Waals surface area contributed by atoms with Crippen LogP contribution in [-0.4, -0.2) is 58.9 Å². The molecule has 1 atom stereocenters. The molecule has 0 aliphatic rings. The number of hydrogen-bond acceptors (Lipinski definition) is 7. The van der Waals surface area contributed by atoms with E-state index in [1.807, 2.05) is 27.7 Å². The highest BCUT2D eigenvalue weighted by molar-refractivity contribution is 8.76. The van der Waals surface area contributed by atoms with Crippen molar-refractivity contribution in [2.45, 2.75) is 39.7 Å². The zero-order valence-corrected chi connectivity index (χ0v) is 15.8. The minimum absolute atomic E-state index is 0.250. The molecule has 9 heteroatoms. The van der Waals surface area contributed by atoms with Gasteiger partial charge >= 0.3 is 18.2 Å². The number of rotatable bonds is 8. The summed E-state index contributed by atoms with van der Waals surface area (Å²) in [5, 5.41) is 8.91. The van der Waals surface area contributed by atoms with Gasteiger partial charge in [0.15, 0.2) is 0 Å². The molecule has 134 valence electrons. The Bertz CT molecular complexity index is 391. The number of carboxylic acid groups (broad SMARTS) is 1. The molecule has 0 heterocycles. The van der Waals surface area contributed by atoms with Crippen LogP contribution in [0.4, 0.5) is 4.79 Å². The zero-order chi connectivity index (χ0) is 18.5. The summed E-state index contributed by atoms with van der Waals surface area (Å²) >= 11 is 0. The third-order valence-electron chi connectivity index (χ3n) is 2.41. The Labute approximate surface area is 144 Å². The van der Waals surface area contributed by atoms with Gasteiger partial charge in [0.2, 0.25) is 0 Å². The van der Waals surface area contributed by atoms with Crippen LogP contribution in [0.25, 0.3) is 0 Å². The minimum Gasteiger partial charge on any atom is -0.481 e. The van der Waals surface area contributed by atoms with Gasteiger partial charge in [-0.1, -0.05) is 28.5 Å². The number of aliphatic carboxylic acids is 1. The second-order valence-electron chi connectivity index (χ2n) is 5.54. The lowest BCUT2D eigenvalue weighted by Gasteiger charge is -2.24. The summed E-state index contributed by atoms with van der Waals surface area (Å²) in [6.45, 7) is 7.96. The molecule has 0 aliphatic heterocycles. The summed E-state index contributed by atoms with van der Waals surface area (Å²) in [5.74, 6) is 0.297. The van der Waals surface area contributed by atoms with Gasteiger partial charge in [-0.3, -0.25) is 4.79 Å². The fraction of sp³-hybridized carbons (Fsp3) is 0.786. The topological polar surface area (TPSA) is 101 Å². The predicted molar refractivity (Wildman–Crippen MR) is 90.2 cm³/mol. The number of hydrogen-bond donors (Lipinski definition) is 1. The van der Waals surface area contributed by atoms with Crippen LogP contribution >= 0.6 is 21.6 Å². The molecule has 0 saturated carbocycles. The average molecular weight is 367 g/mol. The van der Waals surface area contributed by atoms with Crippen molar-refractivity contribution in [3.8, 4) is 0 Å². The second-order valence-corrected chi connectivity index (χ2v) is 8.16. The summed E-state index contributed by atoms with van der Waals surface area (Å²) in [6.07, 6.45) is 0.556. The molecule has 0 aliphatic carbocycles. The number of carbonyl (C=O) groups excluding carboxylic acids is 3. The zero-order valence-electron chi connectivity index (χ0n) is 14.2. The molecule has 0 radical (unpaired) electrons. The largest absolute Gasteiger partial charge is 0.481 e. The standard InChI is InChI=1S/C13H25NO4S2.CO2/c1-6-10(11(15)16)9-20-19-8-7-14(5)12(17)18-13(2,3)4;2-1-3/h10H,6-9H2,1-5H3,(H,15,16);/t10-;/m0./s1. The maximum absolute atomic E-state index is 11.7. The monoisotopic (exact) mass is 367 g/mol. The quantitative estimate of drug-likeness (QED) is 0.516. The van der Waals surface area contributed by atoms with E-state index in [1.54, 1.807) is 17.8 Å². The summed E-state index contributed by atoms with van der Waals surface area (Å²) in [4.78, 5) is 40.3. The van der Waals surface area contributed by atoms with Crippen molar-refractivity contribution in [3.63, 3.8) is 0 Å². The average Bonchev–Trinajstić information content (AvgIpc) is 2.41. The molecule has 1 N–H and O–H groups in total. The molecular weight excluding hydrogens is 342 g/mol. The highest BCUT2D eigenvalue weighted by Crippen LogP contribution is 2.25. The van der Waals surface area contributed by atoms with Gasteiger partial charge in [0.1, 0.15) is 5.60 Å². The van der Waals surface area contributed by atoms with Crippen molar-refractivity contribution in [1.82, 2.24) is 4.90 Å². The molecule has 0 spiro atoms. The van der Waals surface area contributed by atoms with E-state index in [2.05, 4.69) is 0 Å². The summed E-state index contributed by atoms with van der Waals surface area (Å²) in [5.41, 5.74) is -0.483. The van der Waals surface area contributed by atoms with E-state index in [-0.39, 0.29) is 18.2 Å². The SMILES string of the molecule is CC[C@@H](CSSCCN(C)C(=O)OC(C)(C)C)C(=O)O.O=C=O. The van der Waals surface area contributed by atoms with Gasteiger partial charge in [-0.15, -0.1) is 0 Å². The van der Waals surface area contributed by atoms with Crippen molar-refractivity contribution < 1.29 is 29.0 Å². The smallest absolute Gasteiger partial charge is 0.410 e. The maximum Gasteiger partial charge on any atom is 0.410 e. The number of carboxylic acids is 1. The molecule has 0 rings (SSSR count). The van der Waals surface area contributed by atoms with Crippen LogP contribution in [0.15, 0.2) is 0 Å². The van der Waals surface area contributed by atoms with Gasteiger partial charge in [0, 0.05) is 25.1 Å². The molecule has 1 amide bonds. The van der Waals surface area contributed by atoms with E-state index in [0.717, 1.165) is 5.75 Å². The number of carbonyl (C=O) groups is 2. The lowest BCUT2D eigenvalue weighted by atomic mass is 10.1. The Kier molecular flexibility index (Phi) is 13.9. The van der Waals surface area contributed by atoms with Crippen LogP contribution in [0.3, 0.4) is 0 Å². The Balaban J connectivity index is 0. The van der Waals surface area contributed by atoms with Gasteiger partial charge < -0.3 is 14.7 Å². The van der Waals surface area contributed by atoms with E-state index >= 15 is 0 Å². The molecule has 0 aromatic carbocycles. The van der Waals surface area contributed by atoms with E-state index in [0.29, 0.717) is 18.7 Å². The lowest BCUT2D eigenvalue weighted by Crippen LogP contribution is -2.35. The predicted octanol–water partition coefficient (Wildman–Crippen LogP) is 2.76. The Morgan fingerprint density at radius 1 is 1.26 bits per heavy atom. The third-order valence-corrected chi connectivity index (χ3v) is 4.87. The van der Waals surface area contributed by atoms with Crippen molar-refractivity contribution in [2.75, 3.05) is 25.1 Å². The van der Waals surface area contributed by atoms with Crippen LogP contribution in [0.2, 0.25) is 0 Å². The first-order chi connectivity index (χ1) is 10.6. The van der Waals surface area contributed by atoms with Gasteiger partial charge in [-0.05, 0) is 27.2 Å². The number of ether oxygens (including phenoxy) is 1. The second kappa shape index (κ2) is 13.3. The highest BCUT2D eigenvalue weighted by Gasteiger charge is 2.19. The Hall–Kier alpha value is -1.18. The summed E-state index contributed by atoms with van der Waals surface area (Å²) < 4.78 is 5.24. The van der Waals surface area contributed by atoms with Gasteiger partial charge in [0.25, 0.3) is 0 Å². The van der Waals surface area contributed by atoms with Crippen molar-refractivity contribution >= 4 is 39.8 Å². The molecule has 0 fully saturated rings. The first kappa shape index (κ1) is 24.1.